The second-order valence-electron chi connectivity index (χ2n) is 4.85. The van der Waals surface area contributed by atoms with E-state index in [1.165, 1.54) is 12.2 Å². The SMILES string of the molecule is CON(C)C(=O)C(C)(C)COCc1ccccc1. The lowest BCUT2D eigenvalue weighted by molar-refractivity contribution is -0.181. The molecule has 4 nitrogen and oxygen atoms in total. The molecule has 0 N–H and O–H groups in total. The van der Waals surface area contributed by atoms with E-state index in [1.54, 1.807) is 7.05 Å². The molecule has 1 rings (SSSR count). The van der Waals surface area contributed by atoms with Gasteiger partial charge in [0.15, 0.2) is 0 Å². The molecule has 0 aliphatic rings. The highest BCUT2D eigenvalue weighted by molar-refractivity contribution is 5.80. The number of nitrogens with zero attached hydrogens (tertiary/aromatic N) is 1. The van der Waals surface area contributed by atoms with Crippen molar-refractivity contribution >= 4 is 5.91 Å². The topological polar surface area (TPSA) is 38.8 Å². The number of hydrogen-bond acceptors (Lipinski definition) is 3. The Labute approximate surface area is 108 Å². The van der Waals surface area contributed by atoms with Crippen LogP contribution in [0.4, 0.5) is 0 Å². The number of carbonyl (C=O) groups is 1. The van der Waals surface area contributed by atoms with Gasteiger partial charge in [-0.2, -0.15) is 0 Å². The Balaban J connectivity index is 2.44. The molecule has 100 valence electrons. The van der Waals surface area contributed by atoms with Crippen molar-refractivity contribution in [3.8, 4) is 0 Å². The van der Waals surface area contributed by atoms with Crippen LogP contribution < -0.4 is 0 Å². The van der Waals surface area contributed by atoms with Crippen molar-refractivity contribution in [1.29, 1.82) is 0 Å². The van der Waals surface area contributed by atoms with Crippen LogP contribution in [-0.4, -0.2) is 31.7 Å². The smallest absolute Gasteiger partial charge is 0.253 e. The lowest BCUT2D eigenvalue weighted by Gasteiger charge is -2.27. The zero-order valence-corrected chi connectivity index (χ0v) is 11.5. The first-order valence-corrected chi connectivity index (χ1v) is 5.91. The highest BCUT2D eigenvalue weighted by Crippen LogP contribution is 2.19. The molecule has 0 aliphatic heterocycles. The van der Waals surface area contributed by atoms with Gasteiger partial charge in [0.1, 0.15) is 0 Å². The number of hydrogen-bond donors (Lipinski definition) is 0. The van der Waals surface area contributed by atoms with E-state index in [1.807, 2.05) is 44.2 Å². The van der Waals surface area contributed by atoms with Gasteiger partial charge >= 0.3 is 0 Å². The standard InChI is InChI=1S/C14H21NO3/c1-14(2,13(16)15(3)17-4)11-18-10-12-8-6-5-7-9-12/h5-9H,10-11H2,1-4H3. The van der Waals surface area contributed by atoms with Crippen LogP contribution in [0, 0.1) is 5.41 Å². The minimum absolute atomic E-state index is 0.0990. The summed E-state index contributed by atoms with van der Waals surface area (Å²) in [6.45, 7) is 4.55. The molecule has 18 heavy (non-hydrogen) atoms. The Morgan fingerprint density at radius 1 is 1.28 bits per heavy atom. The van der Waals surface area contributed by atoms with E-state index in [0.717, 1.165) is 5.56 Å². The summed E-state index contributed by atoms with van der Waals surface area (Å²) < 4.78 is 5.60. The Morgan fingerprint density at radius 2 is 1.89 bits per heavy atom. The van der Waals surface area contributed by atoms with Crippen LogP contribution in [0.2, 0.25) is 0 Å². The predicted octanol–water partition coefficient (Wildman–Crippen LogP) is 2.25. The van der Waals surface area contributed by atoms with E-state index < -0.39 is 5.41 Å². The zero-order chi connectivity index (χ0) is 13.6. The summed E-state index contributed by atoms with van der Waals surface area (Å²) in [5.74, 6) is -0.0990. The van der Waals surface area contributed by atoms with Crippen molar-refractivity contribution in [2.24, 2.45) is 5.41 Å². The molecule has 0 spiro atoms. The highest BCUT2D eigenvalue weighted by atomic mass is 16.7. The van der Waals surface area contributed by atoms with Crippen molar-refractivity contribution in [3.05, 3.63) is 35.9 Å². The molecule has 0 heterocycles. The van der Waals surface area contributed by atoms with Crippen molar-refractivity contribution < 1.29 is 14.4 Å². The van der Waals surface area contributed by atoms with Crippen LogP contribution in [0.3, 0.4) is 0 Å². The maximum atomic E-state index is 12.0. The fraction of sp³-hybridized carbons (Fsp3) is 0.500. The average Bonchev–Trinajstić information content (AvgIpc) is 2.38. The van der Waals surface area contributed by atoms with Crippen LogP contribution >= 0.6 is 0 Å². The number of ether oxygens (including phenoxy) is 1. The fourth-order valence-corrected chi connectivity index (χ4v) is 1.57. The monoisotopic (exact) mass is 251 g/mol. The molecular formula is C14H21NO3. The molecule has 0 aromatic heterocycles. The third-order valence-electron chi connectivity index (χ3n) is 2.71. The summed E-state index contributed by atoms with van der Waals surface area (Å²) in [7, 11) is 3.07. The first kappa shape index (κ1) is 14.7. The van der Waals surface area contributed by atoms with Crippen LogP contribution in [0.1, 0.15) is 19.4 Å². The molecule has 4 heteroatoms. The van der Waals surface area contributed by atoms with Crippen LogP contribution in [0.15, 0.2) is 30.3 Å². The fourth-order valence-electron chi connectivity index (χ4n) is 1.57. The lowest BCUT2D eigenvalue weighted by atomic mass is 9.93. The van der Waals surface area contributed by atoms with Gasteiger partial charge in [0.05, 0.1) is 25.7 Å². The molecule has 0 radical (unpaired) electrons. The summed E-state index contributed by atoms with van der Waals surface area (Å²) in [6.07, 6.45) is 0. The van der Waals surface area contributed by atoms with E-state index in [4.69, 9.17) is 9.57 Å². The second-order valence-corrected chi connectivity index (χ2v) is 4.85. The van der Waals surface area contributed by atoms with Crippen LogP contribution in [0.5, 0.6) is 0 Å². The number of amides is 1. The van der Waals surface area contributed by atoms with E-state index in [-0.39, 0.29) is 5.91 Å². The third kappa shape index (κ3) is 4.13. The molecule has 0 fully saturated rings. The highest BCUT2D eigenvalue weighted by Gasteiger charge is 2.31. The van der Waals surface area contributed by atoms with Gasteiger partial charge in [-0.25, -0.2) is 5.06 Å². The lowest BCUT2D eigenvalue weighted by Crippen LogP contribution is -2.40. The molecule has 0 saturated heterocycles. The average molecular weight is 251 g/mol. The molecular weight excluding hydrogens is 230 g/mol. The van der Waals surface area contributed by atoms with Gasteiger partial charge in [0, 0.05) is 7.05 Å². The molecule has 0 atom stereocenters. The molecule has 0 aliphatic carbocycles. The number of carbonyl (C=O) groups excluding carboxylic acids is 1. The maximum Gasteiger partial charge on any atom is 0.253 e. The molecule has 0 bridgehead atoms. The molecule has 1 amide bonds. The summed E-state index contributed by atoms with van der Waals surface area (Å²) in [5, 5.41) is 1.23. The quantitative estimate of drug-likeness (QED) is 0.728. The maximum absolute atomic E-state index is 12.0. The normalized spacial score (nSPS) is 11.3. The molecule has 1 aromatic carbocycles. The minimum atomic E-state index is -0.598. The van der Waals surface area contributed by atoms with Crippen molar-refractivity contribution in [1.82, 2.24) is 5.06 Å². The Bertz CT molecular complexity index is 376. The summed E-state index contributed by atoms with van der Waals surface area (Å²) >= 11 is 0. The molecule has 0 unspecified atom stereocenters. The third-order valence-corrected chi connectivity index (χ3v) is 2.71. The van der Waals surface area contributed by atoms with Gasteiger partial charge in [0.2, 0.25) is 0 Å². The van der Waals surface area contributed by atoms with E-state index in [0.29, 0.717) is 13.2 Å². The first-order valence-electron chi connectivity index (χ1n) is 5.91. The van der Waals surface area contributed by atoms with Gasteiger partial charge in [-0.15, -0.1) is 0 Å². The Morgan fingerprint density at radius 3 is 2.44 bits per heavy atom. The van der Waals surface area contributed by atoms with E-state index in [9.17, 15) is 4.79 Å². The van der Waals surface area contributed by atoms with E-state index in [2.05, 4.69) is 0 Å². The summed E-state index contributed by atoms with van der Waals surface area (Å²) in [5.41, 5.74) is 0.500. The minimum Gasteiger partial charge on any atom is -0.376 e. The van der Waals surface area contributed by atoms with Crippen LogP contribution in [-0.2, 0) is 21.0 Å². The van der Waals surface area contributed by atoms with Crippen molar-refractivity contribution in [2.45, 2.75) is 20.5 Å². The summed E-state index contributed by atoms with van der Waals surface area (Å²) in [6, 6.07) is 9.89. The second kappa shape index (κ2) is 6.52. The van der Waals surface area contributed by atoms with E-state index >= 15 is 0 Å². The number of hydroxylamine groups is 2. The van der Waals surface area contributed by atoms with Crippen molar-refractivity contribution in [2.75, 3.05) is 20.8 Å². The zero-order valence-electron chi connectivity index (χ0n) is 11.5. The number of benzene rings is 1. The first-order chi connectivity index (χ1) is 8.47. The largest absolute Gasteiger partial charge is 0.376 e. The van der Waals surface area contributed by atoms with Crippen LogP contribution in [0.25, 0.3) is 0 Å². The predicted molar refractivity (Wildman–Crippen MR) is 69.7 cm³/mol. The van der Waals surface area contributed by atoms with Gasteiger partial charge in [-0.05, 0) is 19.4 Å². The molecule has 0 saturated carbocycles. The molecule has 1 aromatic rings. The van der Waals surface area contributed by atoms with Gasteiger partial charge in [0.25, 0.3) is 5.91 Å². The van der Waals surface area contributed by atoms with Gasteiger partial charge < -0.3 is 4.74 Å². The Kier molecular flexibility index (Phi) is 5.31. The van der Waals surface area contributed by atoms with Crippen molar-refractivity contribution in [3.63, 3.8) is 0 Å². The van der Waals surface area contributed by atoms with Gasteiger partial charge in [-0.1, -0.05) is 30.3 Å². The summed E-state index contributed by atoms with van der Waals surface area (Å²) in [4.78, 5) is 16.9. The Hall–Kier alpha value is -1.39. The number of rotatable bonds is 6. The van der Waals surface area contributed by atoms with Gasteiger partial charge in [-0.3, -0.25) is 9.63 Å².